The van der Waals surface area contributed by atoms with Crippen LogP contribution in [0.5, 0.6) is 5.75 Å². The van der Waals surface area contributed by atoms with Crippen LogP contribution in [0.25, 0.3) is 0 Å². The molecule has 0 saturated carbocycles. The Kier molecular flexibility index (Phi) is 6.46. The van der Waals surface area contributed by atoms with E-state index in [0.29, 0.717) is 23.4 Å². The lowest BCUT2D eigenvalue weighted by Gasteiger charge is -2.26. The Balaban J connectivity index is 1.89. The quantitative estimate of drug-likeness (QED) is 0.639. The lowest BCUT2D eigenvalue weighted by molar-refractivity contribution is -0.132. The van der Waals surface area contributed by atoms with E-state index in [0.717, 1.165) is 25.9 Å². The normalized spacial score (nSPS) is 14.5. The number of hydrogen-bond acceptors (Lipinski definition) is 5. The summed E-state index contributed by atoms with van der Waals surface area (Å²) < 4.78 is 10.8. The number of nitrogens with zero attached hydrogens (tertiary/aromatic N) is 1. The summed E-state index contributed by atoms with van der Waals surface area (Å²) in [6, 6.07) is 4.77. The predicted molar refractivity (Wildman–Crippen MR) is 91.9 cm³/mol. The Labute approximate surface area is 142 Å². The zero-order valence-corrected chi connectivity index (χ0v) is 14.4. The van der Waals surface area contributed by atoms with Crippen LogP contribution >= 0.6 is 0 Å². The molecule has 1 amide bonds. The number of nitrogen functional groups attached to an aromatic ring is 1. The van der Waals surface area contributed by atoms with Gasteiger partial charge in [0.1, 0.15) is 5.75 Å². The third-order valence-electron chi connectivity index (χ3n) is 3.87. The maximum absolute atomic E-state index is 12.1. The van der Waals surface area contributed by atoms with Crippen molar-refractivity contribution in [3.8, 4) is 5.75 Å². The van der Waals surface area contributed by atoms with Crippen molar-refractivity contribution in [2.24, 2.45) is 0 Å². The summed E-state index contributed by atoms with van der Waals surface area (Å²) in [5.74, 6) is 0.0857. The largest absolute Gasteiger partial charge is 0.491 e. The molecule has 6 nitrogen and oxygen atoms in total. The van der Waals surface area contributed by atoms with Gasteiger partial charge in [-0.05, 0) is 51.3 Å². The van der Waals surface area contributed by atoms with E-state index in [-0.39, 0.29) is 18.6 Å². The number of ether oxygens (including phenoxy) is 2. The molecule has 24 heavy (non-hydrogen) atoms. The molecule has 2 rings (SSSR count). The number of nitrogens with two attached hydrogens (primary N) is 1. The number of likely N-dealkylation sites (tertiary alicyclic amines) is 1. The van der Waals surface area contributed by atoms with Gasteiger partial charge in [0, 0.05) is 13.1 Å². The average Bonchev–Trinajstić information content (AvgIpc) is 2.56. The van der Waals surface area contributed by atoms with Gasteiger partial charge in [0.15, 0.2) is 0 Å². The van der Waals surface area contributed by atoms with Crippen molar-refractivity contribution in [3.63, 3.8) is 0 Å². The standard InChI is InChI=1S/C18H26N2O4/c1-13(2)24-18(22)14-6-7-15(19)16(12-14)23-11-8-17(21)20-9-4-3-5-10-20/h6-7,12-13H,3-5,8-11,19H2,1-2H3. The monoisotopic (exact) mass is 334 g/mol. The Bertz CT molecular complexity index is 580. The van der Waals surface area contributed by atoms with Gasteiger partial charge in [-0.2, -0.15) is 0 Å². The molecule has 1 aromatic rings. The third kappa shape index (κ3) is 5.15. The van der Waals surface area contributed by atoms with Crippen LogP contribution in [0.4, 0.5) is 5.69 Å². The van der Waals surface area contributed by atoms with Crippen molar-refractivity contribution in [3.05, 3.63) is 23.8 Å². The molecular formula is C18H26N2O4. The van der Waals surface area contributed by atoms with Crippen molar-refractivity contribution in [1.29, 1.82) is 0 Å². The highest BCUT2D eigenvalue weighted by Gasteiger charge is 2.17. The van der Waals surface area contributed by atoms with E-state index in [1.807, 2.05) is 4.90 Å². The first kappa shape index (κ1) is 18.1. The number of benzene rings is 1. The predicted octanol–water partition coefficient (Wildman–Crippen LogP) is 2.62. The second kappa shape index (κ2) is 8.57. The highest BCUT2D eigenvalue weighted by molar-refractivity contribution is 5.90. The van der Waals surface area contributed by atoms with Crippen LogP contribution in [-0.2, 0) is 9.53 Å². The van der Waals surface area contributed by atoms with Gasteiger partial charge < -0.3 is 20.1 Å². The van der Waals surface area contributed by atoms with E-state index in [9.17, 15) is 9.59 Å². The highest BCUT2D eigenvalue weighted by Crippen LogP contribution is 2.24. The van der Waals surface area contributed by atoms with Crippen LogP contribution in [-0.4, -0.2) is 42.6 Å². The molecule has 1 saturated heterocycles. The van der Waals surface area contributed by atoms with Gasteiger partial charge in [-0.15, -0.1) is 0 Å². The number of hydrogen-bond donors (Lipinski definition) is 1. The first-order chi connectivity index (χ1) is 11.5. The number of carbonyl (C=O) groups excluding carboxylic acids is 2. The number of rotatable bonds is 6. The molecule has 0 radical (unpaired) electrons. The second-order valence-corrected chi connectivity index (χ2v) is 6.25. The summed E-state index contributed by atoms with van der Waals surface area (Å²) in [6.45, 7) is 5.48. The van der Waals surface area contributed by atoms with Gasteiger partial charge >= 0.3 is 5.97 Å². The molecule has 1 heterocycles. The molecule has 0 spiro atoms. The van der Waals surface area contributed by atoms with Gasteiger partial charge in [-0.3, -0.25) is 4.79 Å². The number of anilines is 1. The van der Waals surface area contributed by atoms with Crippen molar-refractivity contribution in [1.82, 2.24) is 4.90 Å². The van der Waals surface area contributed by atoms with E-state index >= 15 is 0 Å². The smallest absolute Gasteiger partial charge is 0.338 e. The van der Waals surface area contributed by atoms with Crippen molar-refractivity contribution < 1.29 is 19.1 Å². The van der Waals surface area contributed by atoms with Crippen LogP contribution in [0, 0.1) is 0 Å². The Morgan fingerprint density at radius 3 is 2.58 bits per heavy atom. The average molecular weight is 334 g/mol. The third-order valence-corrected chi connectivity index (χ3v) is 3.87. The van der Waals surface area contributed by atoms with E-state index in [2.05, 4.69) is 0 Å². The van der Waals surface area contributed by atoms with Crippen LogP contribution in [0.1, 0.15) is 49.9 Å². The molecule has 2 N–H and O–H groups in total. The Morgan fingerprint density at radius 2 is 1.92 bits per heavy atom. The molecule has 6 heteroatoms. The minimum atomic E-state index is -0.417. The molecular weight excluding hydrogens is 308 g/mol. The molecule has 132 valence electrons. The van der Waals surface area contributed by atoms with Crippen LogP contribution in [0.2, 0.25) is 0 Å². The van der Waals surface area contributed by atoms with Crippen LogP contribution < -0.4 is 10.5 Å². The molecule has 1 aliphatic heterocycles. The summed E-state index contributed by atoms with van der Waals surface area (Å²) in [5.41, 5.74) is 6.69. The van der Waals surface area contributed by atoms with Gasteiger partial charge in [0.05, 0.1) is 30.4 Å². The van der Waals surface area contributed by atoms with Gasteiger partial charge in [0.25, 0.3) is 0 Å². The van der Waals surface area contributed by atoms with Gasteiger partial charge in [-0.1, -0.05) is 0 Å². The van der Waals surface area contributed by atoms with E-state index in [4.69, 9.17) is 15.2 Å². The zero-order valence-electron chi connectivity index (χ0n) is 14.4. The minimum absolute atomic E-state index is 0.101. The SMILES string of the molecule is CC(C)OC(=O)c1ccc(N)c(OCCC(=O)N2CCCCC2)c1. The lowest BCUT2D eigenvalue weighted by Crippen LogP contribution is -2.36. The molecule has 0 atom stereocenters. The van der Waals surface area contributed by atoms with E-state index in [1.54, 1.807) is 32.0 Å². The summed E-state index contributed by atoms with van der Waals surface area (Å²) in [7, 11) is 0. The molecule has 1 fully saturated rings. The maximum atomic E-state index is 12.1. The fourth-order valence-electron chi connectivity index (χ4n) is 2.62. The van der Waals surface area contributed by atoms with Gasteiger partial charge in [-0.25, -0.2) is 4.79 Å². The van der Waals surface area contributed by atoms with Crippen molar-refractivity contribution >= 4 is 17.6 Å². The summed E-state index contributed by atoms with van der Waals surface area (Å²) in [6.07, 6.45) is 3.44. The number of esters is 1. The zero-order chi connectivity index (χ0) is 17.5. The first-order valence-electron chi connectivity index (χ1n) is 8.48. The van der Waals surface area contributed by atoms with E-state index < -0.39 is 5.97 Å². The Morgan fingerprint density at radius 1 is 1.21 bits per heavy atom. The fourth-order valence-corrected chi connectivity index (χ4v) is 2.62. The fraction of sp³-hybridized carbons (Fsp3) is 0.556. The molecule has 0 aliphatic carbocycles. The van der Waals surface area contributed by atoms with Gasteiger partial charge in [0.2, 0.25) is 5.91 Å². The summed E-state index contributed by atoms with van der Waals surface area (Å²) in [5, 5.41) is 0. The van der Waals surface area contributed by atoms with Crippen molar-refractivity contribution in [2.45, 2.75) is 45.6 Å². The molecule has 0 aromatic heterocycles. The molecule has 0 unspecified atom stereocenters. The van der Waals surface area contributed by atoms with Crippen molar-refractivity contribution in [2.75, 3.05) is 25.4 Å². The Hall–Kier alpha value is -2.24. The number of amides is 1. The number of piperidine rings is 1. The second-order valence-electron chi connectivity index (χ2n) is 6.25. The first-order valence-corrected chi connectivity index (χ1v) is 8.48. The van der Waals surface area contributed by atoms with Crippen LogP contribution in [0.15, 0.2) is 18.2 Å². The maximum Gasteiger partial charge on any atom is 0.338 e. The summed E-state index contributed by atoms with van der Waals surface area (Å²) >= 11 is 0. The minimum Gasteiger partial charge on any atom is -0.491 e. The lowest BCUT2D eigenvalue weighted by atomic mass is 10.1. The molecule has 1 aliphatic rings. The highest BCUT2D eigenvalue weighted by atomic mass is 16.5. The molecule has 0 bridgehead atoms. The van der Waals surface area contributed by atoms with Crippen LogP contribution in [0.3, 0.4) is 0 Å². The van der Waals surface area contributed by atoms with E-state index in [1.165, 1.54) is 6.42 Å². The number of carbonyl (C=O) groups is 2. The molecule has 1 aromatic carbocycles. The topological polar surface area (TPSA) is 81.9 Å². The summed E-state index contributed by atoms with van der Waals surface area (Å²) in [4.78, 5) is 25.9.